The Balaban J connectivity index is 1.35. The number of anilines is 2. The molecule has 1 aliphatic carbocycles. The van der Waals surface area contributed by atoms with E-state index in [1.54, 1.807) is 18.5 Å². The summed E-state index contributed by atoms with van der Waals surface area (Å²) in [5.41, 5.74) is 3.37. The summed E-state index contributed by atoms with van der Waals surface area (Å²) >= 11 is 6.05. The summed E-state index contributed by atoms with van der Waals surface area (Å²) in [5, 5.41) is 4.14. The molecule has 8 heteroatoms. The van der Waals surface area contributed by atoms with E-state index in [-0.39, 0.29) is 5.56 Å². The highest BCUT2D eigenvalue weighted by molar-refractivity contribution is 6.30. The van der Waals surface area contributed by atoms with Gasteiger partial charge in [-0.15, -0.1) is 0 Å². The quantitative estimate of drug-likeness (QED) is 0.649. The average Bonchev–Trinajstić information content (AvgIpc) is 3.55. The summed E-state index contributed by atoms with van der Waals surface area (Å²) in [7, 11) is 0. The first-order chi connectivity index (χ1) is 14.5. The molecule has 156 valence electrons. The van der Waals surface area contributed by atoms with Gasteiger partial charge in [-0.3, -0.25) is 9.78 Å². The van der Waals surface area contributed by atoms with Crippen molar-refractivity contribution in [2.45, 2.75) is 45.1 Å². The average molecular weight is 425 g/mol. The van der Waals surface area contributed by atoms with Crippen LogP contribution in [0.4, 0.5) is 11.6 Å². The van der Waals surface area contributed by atoms with Crippen molar-refractivity contribution in [2.75, 3.05) is 23.3 Å². The number of halogens is 1. The number of nitrogens with zero attached hydrogens (tertiary/aromatic N) is 4. The summed E-state index contributed by atoms with van der Waals surface area (Å²) in [6.07, 6.45) is 8.47. The lowest BCUT2D eigenvalue weighted by atomic mass is 9.90. The third-order valence-corrected chi connectivity index (χ3v) is 6.17. The number of hydrogen-bond donors (Lipinski definition) is 2. The van der Waals surface area contributed by atoms with Crippen LogP contribution in [0.25, 0.3) is 11.0 Å². The molecule has 0 spiro atoms. The number of piperidine rings is 1. The van der Waals surface area contributed by atoms with Crippen LogP contribution in [0.2, 0.25) is 5.02 Å². The van der Waals surface area contributed by atoms with Gasteiger partial charge in [-0.1, -0.05) is 11.6 Å². The van der Waals surface area contributed by atoms with Gasteiger partial charge in [-0.05, 0) is 57.1 Å². The number of aromatic amines is 1. The van der Waals surface area contributed by atoms with Gasteiger partial charge in [0.05, 0.1) is 16.7 Å². The molecule has 30 heavy (non-hydrogen) atoms. The van der Waals surface area contributed by atoms with Gasteiger partial charge < -0.3 is 15.2 Å². The van der Waals surface area contributed by atoms with Gasteiger partial charge in [0, 0.05) is 36.6 Å². The van der Waals surface area contributed by atoms with E-state index >= 15 is 0 Å². The van der Waals surface area contributed by atoms with Gasteiger partial charge in [0.2, 0.25) is 0 Å². The van der Waals surface area contributed by atoms with E-state index < -0.39 is 0 Å². The molecule has 3 aromatic rings. The molecule has 7 nitrogen and oxygen atoms in total. The van der Waals surface area contributed by atoms with Crippen LogP contribution in [0.3, 0.4) is 0 Å². The van der Waals surface area contributed by atoms with E-state index in [1.807, 2.05) is 13.0 Å². The maximum atomic E-state index is 12.1. The molecule has 2 N–H and O–H groups in total. The van der Waals surface area contributed by atoms with E-state index in [0.29, 0.717) is 17.0 Å². The molecule has 2 aliphatic rings. The first-order valence-electron chi connectivity index (χ1n) is 10.6. The van der Waals surface area contributed by atoms with Crippen LogP contribution in [0.1, 0.15) is 36.9 Å². The van der Waals surface area contributed by atoms with Crippen molar-refractivity contribution in [3.05, 3.63) is 51.2 Å². The van der Waals surface area contributed by atoms with Crippen LogP contribution < -0.4 is 15.8 Å². The lowest BCUT2D eigenvalue weighted by Gasteiger charge is -2.33. The van der Waals surface area contributed by atoms with Gasteiger partial charge in [-0.25, -0.2) is 9.97 Å². The molecule has 5 rings (SSSR count). The minimum absolute atomic E-state index is 0.0408. The van der Waals surface area contributed by atoms with Gasteiger partial charge >= 0.3 is 0 Å². The molecule has 0 atom stereocenters. The molecule has 1 saturated heterocycles. The number of pyridine rings is 2. The van der Waals surface area contributed by atoms with E-state index in [2.05, 4.69) is 20.2 Å². The van der Waals surface area contributed by atoms with Crippen molar-refractivity contribution in [1.29, 1.82) is 0 Å². The Kier molecular flexibility index (Phi) is 5.06. The standard InChI is InChI=1S/C22H25ClN6O/c1-13-8-18-19(12-24-13)28-21(20(27-18)26-17-2-3-17)29-6-4-14(5-7-29)9-15-10-16(23)11-25-22(15)30/h8,10-12,14,17H,2-7,9H2,1H3,(H,25,30)(H,26,27). The number of hydrogen-bond acceptors (Lipinski definition) is 6. The molecule has 2 fully saturated rings. The topological polar surface area (TPSA) is 86.8 Å². The largest absolute Gasteiger partial charge is 0.364 e. The maximum absolute atomic E-state index is 12.1. The van der Waals surface area contributed by atoms with Crippen LogP contribution in [0.15, 0.2) is 29.3 Å². The molecule has 0 unspecified atom stereocenters. The maximum Gasteiger partial charge on any atom is 0.251 e. The molecule has 1 saturated carbocycles. The van der Waals surface area contributed by atoms with Crippen LogP contribution in [-0.2, 0) is 6.42 Å². The highest BCUT2D eigenvalue weighted by atomic mass is 35.5. The number of H-pyrrole nitrogens is 1. The van der Waals surface area contributed by atoms with E-state index in [0.717, 1.165) is 66.3 Å². The highest BCUT2D eigenvalue weighted by Gasteiger charge is 2.27. The number of aromatic nitrogens is 4. The van der Waals surface area contributed by atoms with Crippen molar-refractivity contribution >= 4 is 34.3 Å². The van der Waals surface area contributed by atoms with Gasteiger partial charge in [0.1, 0.15) is 5.52 Å². The van der Waals surface area contributed by atoms with Crippen molar-refractivity contribution in [3.63, 3.8) is 0 Å². The molecular formula is C22H25ClN6O. The van der Waals surface area contributed by atoms with Gasteiger partial charge in [-0.2, -0.15) is 0 Å². The van der Waals surface area contributed by atoms with E-state index in [1.165, 1.54) is 12.8 Å². The number of rotatable bonds is 5. The zero-order valence-corrected chi connectivity index (χ0v) is 17.7. The van der Waals surface area contributed by atoms with Crippen LogP contribution in [0, 0.1) is 12.8 Å². The van der Waals surface area contributed by atoms with Crippen molar-refractivity contribution in [2.24, 2.45) is 5.92 Å². The number of fused-ring (bicyclic) bond motifs is 1. The molecule has 0 radical (unpaired) electrons. The summed E-state index contributed by atoms with van der Waals surface area (Å²) in [6, 6.07) is 4.28. The molecular weight excluding hydrogens is 400 g/mol. The number of aryl methyl sites for hydroxylation is 1. The normalized spacial score (nSPS) is 17.5. The lowest BCUT2D eigenvalue weighted by molar-refractivity contribution is 0.401. The van der Waals surface area contributed by atoms with Crippen molar-refractivity contribution in [1.82, 2.24) is 19.9 Å². The molecule has 0 aromatic carbocycles. The summed E-state index contributed by atoms with van der Waals surface area (Å²) in [5.74, 6) is 2.25. The SMILES string of the molecule is Cc1cc2nc(NC3CC3)c(N3CCC(Cc4cc(Cl)c[nH]c4=O)CC3)nc2cn1. The molecule has 1 aliphatic heterocycles. The predicted molar refractivity (Wildman–Crippen MR) is 119 cm³/mol. The predicted octanol–water partition coefficient (Wildman–Crippen LogP) is 3.71. The first kappa shape index (κ1) is 19.3. The fourth-order valence-corrected chi connectivity index (χ4v) is 4.29. The van der Waals surface area contributed by atoms with E-state index in [9.17, 15) is 4.79 Å². The van der Waals surface area contributed by atoms with Gasteiger partial charge in [0.15, 0.2) is 11.6 Å². The Morgan fingerprint density at radius 1 is 1.17 bits per heavy atom. The third-order valence-electron chi connectivity index (χ3n) is 5.95. The second kappa shape index (κ2) is 7.87. The molecule has 0 amide bonds. The Labute approximate surface area is 179 Å². The molecule has 4 heterocycles. The monoisotopic (exact) mass is 424 g/mol. The minimum atomic E-state index is -0.0408. The van der Waals surface area contributed by atoms with E-state index in [4.69, 9.17) is 21.6 Å². The Morgan fingerprint density at radius 3 is 2.73 bits per heavy atom. The summed E-state index contributed by atoms with van der Waals surface area (Å²) < 4.78 is 0. The second-order valence-corrected chi connectivity index (χ2v) is 8.87. The van der Waals surface area contributed by atoms with Gasteiger partial charge in [0.25, 0.3) is 5.56 Å². The van der Waals surface area contributed by atoms with Crippen LogP contribution in [0.5, 0.6) is 0 Å². The van der Waals surface area contributed by atoms with Crippen LogP contribution in [-0.4, -0.2) is 39.1 Å². The van der Waals surface area contributed by atoms with Crippen molar-refractivity contribution in [3.8, 4) is 0 Å². The smallest absolute Gasteiger partial charge is 0.251 e. The zero-order valence-electron chi connectivity index (χ0n) is 17.0. The third kappa shape index (κ3) is 4.12. The van der Waals surface area contributed by atoms with Crippen LogP contribution >= 0.6 is 11.6 Å². The Morgan fingerprint density at radius 2 is 1.97 bits per heavy atom. The Hall–Kier alpha value is -2.67. The number of nitrogens with one attached hydrogen (secondary N) is 2. The highest BCUT2D eigenvalue weighted by Crippen LogP contribution is 2.33. The fraction of sp³-hybridized carbons (Fsp3) is 0.455. The Bertz CT molecular complexity index is 1130. The zero-order chi connectivity index (χ0) is 20.7. The first-order valence-corrected chi connectivity index (χ1v) is 11.0. The summed E-state index contributed by atoms with van der Waals surface area (Å²) in [4.78, 5) is 31.3. The fourth-order valence-electron chi connectivity index (χ4n) is 4.10. The second-order valence-electron chi connectivity index (χ2n) is 8.44. The summed E-state index contributed by atoms with van der Waals surface area (Å²) in [6.45, 7) is 3.75. The lowest BCUT2D eigenvalue weighted by Crippen LogP contribution is -2.36. The van der Waals surface area contributed by atoms with Crippen molar-refractivity contribution < 1.29 is 0 Å². The minimum Gasteiger partial charge on any atom is -0.364 e. The molecule has 0 bridgehead atoms. The molecule has 3 aromatic heterocycles.